The molecule has 2 rings (SSSR count). The normalized spacial score (nSPS) is 12.9. The van der Waals surface area contributed by atoms with Gasteiger partial charge in [-0.1, -0.05) is 12.1 Å². The molecule has 0 saturated carbocycles. The van der Waals surface area contributed by atoms with Crippen LogP contribution in [0, 0.1) is 0 Å². The fraction of sp³-hybridized carbons (Fsp3) is 0.182. The number of ketones is 1. The van der Waals surface area contributed by atoms with E-state index in [2.05, 4.69) is 0 Å². The SMILES string of the molecule is CC(N)C(=O)c1oc2ccccc2c1O. The van der Waals surface area contributed by atoms with Crippen molar-refractivity contribution in [2.24, 2.45) is 5.73 Å². The third kappa shape index (κ3) is 1.49. The fourth-order valence-corrected chi connectivity index (χ4v) is 1.41. The molecule has 0 aliphatic carbocycles. The molecule has 78 valence electrons. The molecular formula is C11H11NO3. The van der Waals surface area contributed by atoms with Crippen LogP contribution in [0.4, 0.5) is 0 Å². The molecule has 0 saturated heterocycles. The quantitative estimate of drug-likeness (QED) is 0.731. The number of nitrogens with two attached hydrogens (primary N) is 1. The van der Waals surface area contributed by atoms with E-state index in [4.69, 9.17) is 10.2 Å². The first-order valence-corrected chi connectivity index (χ1v) is 4.61. The summed E-state index contributed by atoms with van der Waals surface area (Å²) in [5, 5.41) is 10.3. The van der Waals surface area contributed by atoms with Crippen LogP contribution in [0.1, 0.15) is 17.5 Å². The number of fused-ring (bicyclic) bond motifs is 1. The van der Waals surface area contributed by atoms with Crippen LogP contribution in [-0.4, -0.2) is 16.9 Å². The van der Waals surface area contributed by atoms with E-state index >= 15 is 0 Å². The molecule has 1 aromatic heterocycles. The Morgan fingerprint density at radius 1 is 1.47 bits per heavy atom. The Morgan fingerprint density at radius 3 is 2.73 bits per heavy atom. The second-order valence-electron chi connectivity index (χ2n) is 3.43. The molecule has 1 atom stereocenters. The van der Waals surface area contributed by atoms with E-state index in [1.54, 1.807) is 31.2 Å². The average Bonchev–Trinajstić information content (AvgIpc) is 2.56. The molecule has 0 aliphatic rings. The van der Waals surface area contributed by atoms with Crippen LogP contribution in [-0.2, 0) is 0 Å². The summed E-state index contributed by atoms with van der Waals surface area (Å²) >= 11 is 0. The zero-order valence-corrected chi connectivity index (χ0v) is 8.23. The van der Waals surface area contributed by atoms with Gasteiger partial charge in [0.05, 0.1) is 11.4 Å². The van der Waals surface area contributed by atoms with Gasteiger partial charge in [-0.15, -0.1) is 0 Å². The molecule has 1 unspecified atom stereocenters. The number of carbonyl (C=O) groups excluding carboxylic acids is 1. The van der Waals surface area contributed by atoms with Crippen molar-refractivity contribution in [2.75, 3.05) is 0 Å². The summed E-state index contributed by atoms with van der Waals surface area (Å²) in [4.78, 5) is 11.6. The molecule has 3 N–H and O–H groups in total. The number of para-hydroxylation sites is 1. The van der Waals surface area contributed by atoms with Crippen molar-refractivity contribution in [2.45, 2.75) is 13.0 Å². The maximum atomic E-state index is 11.6. The molecular weight excluding hydrogens is 194 g/mol. The maximum Gasteiger partial charge on any atom is 0.218 e. The van der Waals surface area contributed by atoms with Gasteiger partial charge in [0.25, 0.3) is 0 Å². The maximum absolute atomic E-state index is 11.6. The lowest BCUT2D eigenvalue weighted by atomic mass is 10.1. The summed E-state index contributed by atoms with van der Waals surface area (Å²) in [6, 6.07) is 6.22. The van der Waals surface area contributed by atoms with E-state index < -0.39 is 11.8 Å². The van der Waals surface area contributed by atoms with E-state index in [-0.39, 0.29) is 11.5 Å². The number of furan rings is 1. The number of hydrogen-bond donors (Lipinski definition) is 2. The summed E-state index contributed by atoms with van der Waals surface area (Å²) in [7, 11) is 0. The predicted octanol–water partition coefficient (Wildman–Crippen LogP) is 1.67. The van der Waals surface area contributed by atoms with Crippen molar-refractivity contribution in [1.82, 2.24) is 0 Å². The molecule has 0 amide bonds. The minimum atomic E-state index is -0.684. The number of aromatic hydroxyl groups is 1. The highest BCUT2D eigenvalue weighted by Crippen LogP contribution is 2.32. The highest BCUT2D eigenvalue weighted by molar-refractivity contribution is 6.04. The van der Waals surface area contributed by atoms with Crippen LogP contribution in [0.5, 0.6) is 5.75 Å². The predicted molar refractivity (Wildman–Crippen MR) is 55.9 cm³/mol. The molecule has 0 radical (unpaired) electrons. The number of hydrogen-bond acceptors (Lipinski definition) is 4. The van der Waals surface area contributed by atoms with Crippen LogP contribution in [0.2, 0.25) is 0 Å². The summed E-state index contributed by atoms with van der Waals surface area (Å²) in [6.07, 6.45) is 0. The first-order valence-electron chi connectivity index (χ1n) is 4.61. The fourth-order valence-electron chi connectivity index (χ4n) is 1.41. The van der Waals surface area contributed by atoms with Crippen molar-refractivity contribution in [3.63, 3.8) is 0 Å². The molecule has 4 heteroatoms. The smallest absolute Gasteiger partial charge is 0.218 e. The number of Topliss-reactive ketones (excluding diaryl/α,β-unsaturated/α-hetero) is 1. The summed E-state index contributed by atoms with van der Waals surface area (Å²) in [6.45, 7) is 1.55. The van der Waals surface area contributed by atoms with Crippen molar-refractivity contribution in [3.05, 3.63) is 30.0 Å². The number of rotatable bonds is 2. The van der Waals surface area contributed by atoms with Crippen LogP contribution >= 0.6 is 0 Å². The molecule has 0 fully saturated rings. The largest absolute Gasteiger partial charge is 0.504 e. The Labute approximate surface area is 86.3 Å². The van der Waals surface area contributed by atoms with Gasteiger partial charge < -0.3 is 15.3 Å². The van der Waals surface area contributed by atoms with Crippen LogP contribution in [0.15, 0.2) is 28.7 Å². The third-order valence-corrected chi connectivity index (χ3v) is 2.21. The van der Waals surface area contributed by atoms with E-state index in [9.17, 15) is 9.90 Å². The van der Waals surface area contributed by atoms with Gasteiger partial charge in [0, 0.05) is 0 Å². The second kappa shape index (κ2) is 3.40. The molecule has 2 aromatic rings. The zero-order chi connectivity index (χ0) is 11.0. The second-order valence-corrected chi connectivity index (χ2v) is 3.43. The lowest BCUT2D eigenvalue weighted by Gasteiger charge is -1.99. The van der Waals surface area contributed by atoms with Gasteiger partial charge in [-0.3, -0.25) is 4.79 Å². The summed E-state index contributed by atoms with van der Waals surface area (Å²) in [5.74, 6) is -0.595. The Morgan fingerprint density at radius 2 is 2.13 bits per heavy atom. The Kier molecular flexibility index (Phi) is 2.21. The van der Waals surface area contributed by atoms with Crippen molar-refractivity contribution in [3.8, 4) is 5.75 Å². The first-order chi connectivity index (χ1) is 7.11. The zero-order valence-electron chi connectivity index (χ0n) is 8.23. The number of carbonyl (C=O) groups is 1. The average molecular weight is 205 g/mol. The van der Waals surface area contributed by atoms with Gasteiger partial charge in [-0.25, -0.2) is 0 Å². The topological polar surface area (TPSA) is 76.5 Å². The standard InChI is InChI=1S/C11H11NO3/c1-6(12)9(13)11-10(14)7-4-2-3-5-8(7)15-11/h2-6,14H,12H2,1H3. The first kappa shape index (κ1) is 9.73. The Balaban J connectivity index is 2.63. The highest BCUT2D eigenvalue weighted by Gasteiger charge is 2.22. The molecule has 1 aromatic carbocycles. The third-order valence-electron chi connectivity index (χ3n) is 2.21. The molecule has 0 aliphatic heterocycles. The van der Waals surface area contributed by atoms with E-state index in [0.717, 1.165) is 0 Å². The molecule has 4 nitrogen and oxygen atoms in total. The molecule has 1 heterocycles. The minimum absolute atomic E-state index is 0.0637. The van der Waals surface area contributed by atoms with Crippen molar-refractivity contribution < 1.29 is 14.3 Å². The van der Waals surface area contributed by atoms with Crippen molar-refractivity contribution in [1.29, 1.82) is 0 Å². The van der Waals surface area contributed by atoms with Crippen LogP contribution in [0.3, 0.4) is 0 Å². The Hall–Kier alpha value is -1.81. The lowest BCUT2D eigenvalue weighted by molar-refractivity contribution is 0.0939. The lowest BCUT2D eigenvalue weighted by Crippen LogP contribution is -2.26. The summed E-state index contributed by atoms with van der Waals surface area (Å²) < 4.78 is 5.24. The van der Waals surface area contributed by atoms with Gasteiger partial charge in [0.15, 0.2) is 5.75 Å². The Bertz CT molecular complexity index is 514. The number of benzene rings is 1. The van der Waals surface area contributed by atoms with E-state index in [1.165, 1.54) is 0 Å². The molecule has 0 bridgehead atoms. The van der Waals surface area contributed by atoms with Crippen LogP contribution in [0.25, 0.3) is 11.0 Å². The van der Waals surface area contributed by atoms with E-state index in [1.807, 2.05) is 0 Å². The molecule has 15 heavy (non-hydrogen) atoms. The monoisotopic (exact) mass is 205 g/mol. The van der Waals surface area contributed by atoms with E-state index in [0.29, 0.717) is 11.0 Å². The van der Waals surface area contributed by atoms with Gasteiger partial charge >= 0.3 is 0 Å². The summed E-state index contributed by atoms with van der Waals surface area (Å²) in [5.41, 5.74) is 5.92. The van der Waals surface area contributed by atoms with Gasteiger partial charge in [0.2, 0.25) is 11.5 Å². The minimum Gasteiger partial charge on any atom is -0.504 e. The van der Waals surface area contributed by atoms with Gasteiger partial charge in [-0.2, -0.15) is 0 Å². The van der Waals surface area contributed by atoms with Gasteiger partial charge in [-0.05, 0) is 19.1 Å². The van der Waals surface area contributed by atoms with Gasteiger partial charge in [0.1, 0.15) is 5.58 Å². The molecule has 0 spiro atoms. The highest BCUT2D eigenvalue weighted by atomic mass is 16.4. The van der Waals surface area contributed by atoms with Crippen LogP contribution < -0.4 is 5.73 Å². The van der Waals surface area contributed by atoms with Crippen molar-refractivity contribution >= 4 is 16.8 Å².